The molecule has 0 saturated heterocycles. The van der Waals surface area contributed by atoms with Gasteiger partial charge in [-0.15, -0.1) is 0 Å². The summed E-state index contributed by atoms with van der Waals surface area (Å²) in [5, 5.41) is 10.4. The molecule has 0 aromatic rings. The van der Waals surface area contributed by atoms with Crippen LogP contribution < -0.4 is 0 Å². The molecule has 3 heteroatoms. The predicted molar refractivity (Wildman–Crippen MR) is 63.9 cm³/mol. The van der Waals surface area contributed by atoms with Crippen molar-refractivity contribution in [1.82, 2.24) is 4.90 Å². The Morgan fingerprint density at radius 2 is 2.21 bits per heavy atom. The van der Waals surface area contributed by atoms with Gasteiger partial charge in [-0.1, -0.05) is 13.3 Å². The van der Waals surface area contributed by atoms with Crippen molar-refractivity contribution in [3.05, 3.63) is 0 Å². The zero-order valence-corrected chi connectivity index (χ0v) is 10.4. The van der Waals surface area contributed by atoms with Crippen molar-refractivity contribution in [2.45, 2.75) is 50.0 Å². The third-order valence-electron chi connectivity index (χ3n) is 3.26. The van der Waals surface area contributed by atoms with E-state index < -0.39 is 0 Å². The molecule has 2 nitrogen and oxygen atoms in total. The molecule has 0 amide bonds. The maximum absolute atomic E-state index is 9.60. The molecule has 0 spiro atoms. The average molecular weight is 217 g/mol. The van der Waals surface area contributed by atoms with E-state index in [1.807, 2.05) is 18.7 Å². The first-order valence-electron chi connectivity index (χ1n) is 5.60. The fraction of sp³-hybridized carbons (Fsp3) is 1.00. The molecule has 0 aromatic heterocycles. The average Bonchev–Trinajstić information content (AvgIpc) is 2.65. The summed E-state index contributed by atoms with van der Waals surface area (Å²) in [4.78, 5) is 2.35. The van der Waals surface area contributed by atoms with Crippen molar-refractivity contribution in [3.8, 4) is 0 Å². The smallest absolute Gasteiger partial charge is 0.0664 e. The number of aliphatic hydroxyl groups is 1. The van der Waals surface area contributed by atoms with Crippen LogP contribution in [0.2, 0.25) is 0 Å². The first kappa shape index (κ1) is 12.3. The Morgan fingerprint density at radius 3 is 2.79 bits per heavy atom. The van der Waals surface area contributed by atoms with Crippen LogP contribution in [-0.4, -0.2) is 47.3 Å². The Labute approximate surface area is 92.1 Å². The van der Waals surface area contributed by atoms with Crippen LogP contribution in [0.3, 0.4) is 0 Å². The molecule has 1 rings (SSSR count). The molecule has 14 heavy (non-hydrogen) atoms. The Balaban J connectivity index is 2.38. The number of aliphatic hydroxyl groups excluding tert-OH is 1. The van der Waals surface area contributed by atoms with Gasteiger partial charge in [0, 0.05) is 17.8 Å². The van der Waals surface area contributed by atoms with Crippen LogP contribution in [0.15, 0.2) is 0 Å². The Hall–Kier alpha value is 0.270. The van der Waals surface area contributed by atoms with Crippen LogP contribution in [0.25, 0.3) is 0 Å². The second-order valence-electron chi connectivity index (χ2n) is 4.27. The molecule has 0 radical (unpaired) electrons. The van der Waals surface area contributed by atoms with E-state index in [0.717, 1.165) is 18.2 Å². The lowest BCUT2D eigenvalue weighted by molar-refractivity contribution is 0.103. The van der Waals surface area contributed by atoms with Crippen molar-refractivity contribution in [2.24, 2.45) is 0 Å². The van der Waals surface area contributed by atoms with Gasteiger partial charge in [0.2, 0.25) is 0 Å². The van der Waals surface area contributed by atoms with Gasteiger partial charge in [-0.05, 0) is 32.6 Å². The molecule has 2 unspecified atom stereocenters. The summed E-state index contributed by atoms with van der Waals surface area (Å²) in [6, 6.07) is 0.686. The first-order valence-corrected chi connectivity index (χ1v) is 6.89. The van der Waals surface area contributed by atoms with Crippen LogP contribution in [0.4, 0.5) is 0 Å². The summed E-state index contributed by atoms with van der Waals surface area (Å²) < 4.78 is 0. The van der Waals surface area contributed by atoms with E-state index in [-0.39, 0.29) is 6.10 Å². The van der Waals surface area contributed by atoms with E-state index in [0.29, 0.717) is 6.04 Å². The highest BCUT2D eigenvalue weighted by molar-refractivity contribution is 7.99. The Bertz CT molecular complexity index is 165. The SMILES string of the molecule is CC[C@@H](O)CN(C)C1CCCC1SC. The fourth-order valence-corrected chi connectivity index (χ4v) is 3.34. The third-order valence-corrected chi connectivity index (χ3v) is 4.41. The monoisotopic (exact) mass is 217 g/mol. The van der Waals surface area contributed by atoms with E-state index in [2.05, 4.69) is 18.2 Å². The first-order chi connectivity index (χ1) is 6.69. The second kappa shape index (κ2) is 5.99. The summed E-state index contributed by atoms with van der Waals surface area (Å²) in [5.41, 5.74) is 0. The summed E-state index contributed by atoms with van der Waals surface area (Å²) in [6.07, 6.45) is 6.91. The van der Waals surface area contributed by atoms with Crippen molar-refractivity contribution < 1.29 is 5.11 Å². The molecule has 0 aliphatic heterocycles. The fourth-order valence-electron chi connectivity index (χ4n) is 2.28. The molecule has 3 atom stereocenters. The summed E-state index contributed by atoms with van der Waals surface area (Å²) in [5.74, 6) is 0. The molecular formula is C11H23NOS. The highest BCUT2D eigenvalue weighted by atomic mass is 32.2. The predicted octanol–water partition coefficient (Wildman–Crippen LogP) is 1.97. The molecule has 0 aromatic carbocycles. The minimum Gasteiger partial charge on any atom is -0.392 e. The maximum atomic E-state index is 9.60. The van der Waals surface area contributed by atoms with Gasteiger partial charge in [-0.2, -0.15) is 11.8 Å². The molecule has 0 bridgehead atoms. The van der Waals surface area contributed by atoms with Crippen molar-refractivity contribution >= 4 is 11.8 Å². The second-order valence-corrected chi connectivity index (χ2v) is 5.35. The molecule has 84 valence electrons. The normalized spacial score (nSPS) is 29.8. The summed E-state index contributed by atoms with van der Waals surface area (Å²) in [6.45, 7) is 2.87. The third kappa shape index (κ3) is 3.14. The summed E-state index contributed by atoms with van der Waals surface area (Å²) >= 11 is 1.98. The Morgan fingerprint density at radius 1 is 1.50 bits per heavy atom. The van der Waals surface area contributed by atoms with Gasteiger partial charge >= 0.3 is 0 Å². The van der Waals surface area contributed by atoms with Crippen molar-refractivity contribution in [2.75, 3.05) is 19.8 Å². The molecule has 1 aliphatic carbocycles. The molecule has 1 N–H and O–H groups in total. The number of rotatable bonds is 5. The maximum Gasteiger partial charge on any atom is 0.0664 e. The van der Waals surface area contributed by atoms with Gasteiger partial charge < -0.3 is 5.11 Å². The van der Waals surface area contributed by atoms with Gasteiger partial charge in [0.25, 0.3) is 0 Å². The molecule has 1 saturated carbocycles. The van der Waals surface area contributed by atoms with Gasteiger partial charge in [0.05, 0.1) is 6.10 Å². The number of nitrogens with zero attached hydrogens (tertiary/aromatic N) is 1. The lowest BCUT2D eigenvalue weighted by Gasteiger charge is -2.30. The number of hydrogen-bond donors (Lipinski definition) is 1. The largest absolute Gasteiger partial charge is 0.392 e. The van der Waals surface area contributed by atoms with Crippen LogP contribution in [0.5, 0.6) is 0 Å². The van der Waals surface area contributed by atoms with Gasteiger partial charge in [-0.3, -0.25) is 4.90 Å². The van der Waals surface area contributed by atoms with Crippen molar-refractivity contribution in [1.29, 1.82) is 0 Å². The van der Waals surface area contributed by atoms with E-state index in [1.54, 1.807) is 0 Å². The van der Waals surface area contributed by atoms with Crippen LogP contribution in [0, 0.1) is 0 Å². The number of likely N-dealkylation sites (N-methyl/N-ethyl adjacent to an activating group) is 1. The number of thioether (sulfide) groups is 1. The Kier molecular flexibility index (Phi) is 5.28. The zero-order valence-electron chi connectivity index (χ0n) is 9.57. The van der Waals surface area contributed by atoms with Crippen LogP contribution in [-0.2, 0) is 0 Å². The van der Waals surface area contributed by atoms with Gasteiger partial charge in [-0.25, -0.2) is 0 Å². The highest BCUT2D eigenvalue weighted by Gasteiger charge is 2.30. The molecule has 0 heterocycles. The molecular weight excluding hydrogens is 194 g/mol. The minimum absolute atomic E-state index is 0.150. The van der Waals surface area contributed by atoms with E-state index >= 15 is 0 Å². The van der Waals surface area contributed by atoms with E-state index in [4.69, 9.17) is 0 Å². The minimum atomic E-state index is -0.150. The quantitative estimate of drug-likeness (QED) is 0.761. The highest BCUT2D eigenvalue weighted by Crippen LogP contribution is 2.31. The van der Waals surface area contributed by atoms with Gasteiger partial charge in [0.15, 0.2) is 0 Å². The summed E-state index contributed by atoms with van der Waals surface area (Å²) in [7, 11) is 2.15. The van der Waals surface area contributed by atoms with Gasteiger partial charge in [0.1, 0.15) is 0 Å². The topological polar surface area (TPSA) is 23.5 Å². The lowest BCUT2D eigenvalue weighted by atomic mass is 10.2. The van der Waals surface area contributed by atoms with Crippen LogP contribution >= 0.6 is 11.8 Å². The lowest BCUT2D eigenvalue weighted by Crippen LogP contribution is -2.40. The standard InChI is InChI=1S/C11H23NOS/c1-4-9(13)8-12(2)10-6-5-7-11(10)14-3/h9-11,13H,4-8H2,1-3H3/t9-,10?,11?/m1/s1. The molecule has 1 fully saturated rings. The van der Waals surface area contributed by atoms with E-state index in [9.17, 15) is 5.11 Å². The number of hydrogen-bond acceptors (Lipinski definition) is 3. The molecule has 1 aliphatic rings. The van der Waals surface area contributed by atoms with Crippen LogP contribution in [0.1, 0.15) is 32.6 Å². The zero-order chi connectivity index (χ0) is 10.6. The van der Waals surface area contributed by atoms with E-state index in [1.165, 1.54) is 19.3 Å². The van der Waals surface area contributed by atoms with Crippen molar-refractivity contribution in [3.63, 3.8) is 0 Å².